The zero-order chi connectivity index (χ0) is 11.5. The quantitative estimate of drug-likeness (QED) is 0.826. The normalized spacial score (nSPS) is 10.4. The molecule has 82 valence electrons. The first-order valence-corrected chi connectivity index (χ1v) is 5.83. The van der Waals surface area contributed by atoms with Gasteiger partial charge in [-0.05, 0) is 36.2 Å². The Morgan fingerprint density at radius 2 is 2.12 bits per heavy atom. The predicted octanol–water partition coefficient (Wildman–Crippen LogP) is 3.11. The summed E-state index contributed by atoms with van der Waals surface area (Å²) in [5.41, 5.74) is 1.93. The second kappa shape index (κ2) is 4.60. The minimum absolute atomic E-state index is 0.0405. The standard InChI is InChI=1S/C13H12O2S/c1-9(15)12-5-6-13(16-12)11-4-2-3-10(7-11)8-14/h2-7,14H,8H2,1H3. The van der Waals surface area contributed by atoms with Gasteiger partial charge in [0.05, 0.1) is 11.5 Å². The van der Waals surface area contributed by atoms with Gasteiger partial charge in [0.15, 0.2) is 5.78 Å². The zero-order valence-corrected chi connectivity index (χ0v) is 9.75. The molecule has 0 spiro atoms. The SMILES string of the molecule is CC(=O)c1ccc(-c2cccc(CO)c2)s1. The number of aliphatic hydroxyl groups is 1. The predicted molar refractivity (Wildman–Crippen MR) is 65.7 cm³/mol. The van der Waals surface area contributed by atoms with E-state index in [2.05, 4.69) is 0 Å². The van der Waals surface area contributed by atoms with Crippen LogP contribution in [0.2, 0.25) is 0 Å². The van der Waals surface area contributed by atoms with Crippen LogP contribution in [0.1, 0.15) is 22.2 Å². The van der Waals surface area contributed by atoms with Crippen molar-refractivity contribution in [2.24, 2.45) is 0 Å². The van der Waals surface area contributed by atoms with Crippen LogP contribution >= 0.6 is 11.3 Å². The molecule has 3 heteroatoms. The van der Waals surface area contributed by atoms with E-state index in [1.54, 1.807) is 6.92 Å². The Kier molecular flexibility index (Phi) is 3.17. The molecule has 16 heavy (non-hydrogen) atoms. The van der Waals surface area contributed by atoms with Gasteiger partial charge in [-0.3, -0.25) is 4.79 Å². The van der Waals surface area contributed by atoms with Crippen molar-refractivity contribution >= 4 is 17.1 Å². The third-order valence-electron chi connectivity index (χ3n) is 2.35. The number of rotatable bonds is 3. The monoisotopic (exact) mass is 232 g/mol. The number of Topliss-reactive ketones (excluding diaryl/α,β-unsaturated/α-hetero) is 1. The fraction of sp³-hybridized carbons (Fsp3) is 0.154. The third kappa shape index (κ3) is 2.21. The lowest BCUT2D eigenvalue weighted by molar-refractivity contribution is 0.102. The summed E-state index contributed by atoms with van der Waals surface area (Å²) in [6.45, 7) is 1.61. The Hall–Kier alpha value is -1.45. The van der Waals surface area contributed by atoms with E-state index in [-0.39, 0.29) is 12.4 Å². The van der Waals surface area contributed by atoms with Gasteiger partial charge in [0.2, 0.25) is 0 Å². The molecule has 2 aromatic rings. The molecule has 1 heterocycles. The molecule has 0 amide bonds. The van der Waals surface area contributed by atoms with E-state index in [4.69, 9.17) is 5.11 Å². The van der Waals surface area contributed by atoms with Crippen LogP contribution in [-0.4, -0.2) is 10.9 Å². The van der Waals surface area contributed by atoms with Crippen LogP contribution in [0.3, 0.4) is 0 Å². The van der Waals surface area contributed by atoms with Crippen LogP contribution in [0.25, 0.3) is 10.4 Å². The Morgan fingerprint density at radius 1 is 1.31 bits per heavy atom. The molecule has 1 N–H and O–H groups in total. The van der Waals surface area contributed by atoms with E-state index < -0.39 is 0 Å². The molecule has 1 aromatic heterocycles. The fourth-order valence-electron chi connectivity index (χ4n) is 1.51. The molecule has 2 nitrogen and oxygen atoms in total. The summed E-state index contributed by atoms with van der Waals surface area (Å²) in [6, 6.07) is 11.5. The summed E-state index contributed by atoms with van der Waals surface area (Å²) in [5, 5.41) is 9.05. The van der Waals surface area contributed by atoms with Crippen molar-refractivity contribution in [2.75, 3.05) is 0 Å². The number of hydrogen-bond acceptors (Lipinski definition) is 3. The molecule has 2 rings (SSSR count). The minimum atomic E-state index is 0.0405. The summed E-state index contributed by atoms with van der Waals surface area (Å²) < 4.78 is 0. The van der Waals surface area contributed by atoms with Gasteiger partial charge < -0.3 is 5.11 Å². The van der Waals surface area contributed by atoms with Crippen molar-refractivity contribution < 1.29 is 9.90 Å². The topological polar surface area (TPSA) is 37.3 Å². The number of ketones is 1. The number of thiophene rings is 1. The van der Waals surface area contributed by atoms with Crippen LogP contribution in [0.5, 0.6) is 0 Å². The van der Waals surface area contributed by atoms with E-state index in [1.165, 1.54) is 11.3 Å². The van der Waals surface area contributed by atoms with Gasteiger partial charge in [0.1, 0.15) is 0 Å². The highest BCUT2D eigenvalue weighted by atomic mass is 32.1. The first kappa shape index (κ1) is 11.0. The molecule has 0 aliphatic heterocycles. The Balaban J connectivity index is 2.38. The maximum absolute atomic E-state index is 11.2. The molecule has 0 saturated heterocycles. The smallest absolute Gasteiger partial charge is 0.169 e. The summed E-state index contributed by atoms with van der Waals surface area (Å²) >= 11 is 1.48. The maximum atomic E-state index is 11.2. The average molecular weight is 232 g/mol. The molecule has 0 aliphatic carbocycles. The number of aliphatic hydroxyl groups excluding tert-OH is 1. The van der Waals surface area contributed by atoms with Crippen LogP contribution in [0.4, 0.5) is 0 Å². The van der Waals surface area contributed by atoms with E-state index in [0.29, 0.717) is 0 Å². The molecule has 0 saturated carbocycles. The van der Waals surface area contributed by atoms with E-state index in [1.807, 2.05) is 36.4 Å². The molecule has 0 aliphatic rings. The van der Waals surface area contributed by atoms with Crippen molar-refractivity contribution in [1.82, 2.24) is 0 Å². The average Bonchev–Trinajstić information content (AvgIpc) is 2.78. The van der Waals surface area contributed by atoms with E-state index in [9.17, 15) is 4.79 Å². The Morgan fingerprint density at radius 3 is 2.75 bits per heavy atom. The fourth-order valence-corrected chi connectivity index (χ4v) is 2.40. The van der Waals surface area contributed by atoms with Crippen LogP contribution in [0.15, 0.2) is 36.4 Å². The number of benzene rings is 1. The van der Waals surface area contributed by atoms with Crippen molar-refractivity contribution in [3.05, 3.63) is 46.8 Å². The van der Waals surface area contributed by atoms with Crippen molar-refractivity contribution in [2.45, 2.75) is 13.5 Å². The molecule has 0 fully saturated rings. The Bertz CT molecular complexity index is 514. The second-order valence-electron chi connectivity index (χ2n) is 3.58. The number of hydrogen-bond donors (Lipinski definition) is 1. The van der Waals surface area contributed by atoms with Gasteiger partial charge in [0.25, 0.3) is 0 Å². The summed E-state index contributed by atoms with van der Waals surface area (Å²) in [4.78, 5) is 13.0. The van der Waals surface area contributed by atoms with E-state index in [0.717, 1.165) is 20.9 Å². The summed E-state index contributed by atoms with van der Waals surface area (Å²) in [6.07, 6.45) is 0. The first-order chi connectivity index (χ1) is 7.70. The molecule has 0 unspecified atom stereocenters. The highest BCUT2D eigenvalue weighted by molar-refractivity contribution is 7.17. The lowest BCUT2D eigenvalue weighted by Gasteiger charge is -2.00. The van der Waals surface area contributed by atoms with Crippen molar-refractivity contribution in [1.29, 1.82) is 0 Å². The second-order valence-corrected chi connectivity index (χ2v) is 4.66. The van der Waals surface area contributed by atoms with Crippen molar-refractivity contribution in [3.63, 3.8) is 0 Å². The van der Waals surface area contributed by atoms with Crippen LogP contribution in [0, 0.1) is 0 Å². The van der Waals surface area contributed by atoms with Gasteiger partial charge in [-0.25, -0.2) is 0 Å². The van der Waals surface area contributed by atoms with Gasteiger partial charge >= 0.3 is 0 Å². The molecular formula is C13H12O2S. The lowest BCUT2D eigenvalue weighted by Crippen LogP contribution is -1.84. The Labute approximate surface area is 98.2 Å². The summed E-state index contributed by atoms with van der Waals surface area (Å²) in [5.74, 6) is 0.0922. The number of carbonyl (C=O) groups is 1. The van der Waals surface area contributed by atoms with Gasteiger partial charge in [-0.2, -0.15) is 0 Å². The minimum Gasteiger partial charge on any atom is -0.392 e. The highest BCUT2D eigenvalue weighted by Gasteiger charge is 2.06. The maximum Gasteiger partial charge on any atom is 0.169 e. The number of carbonyl (C=O) groups excluding carboxylic acids is 1. The van der Waals surface area contributed by atoms with Crippen LogP contribution < -0.4 is 0 Å². The largest absolute Gasteiger partial charge is 0.392 e. The highest BCUT2D eigenvalue weighted by Crippen LogP contribution is 2.28. The molecule has 1 aromatic carbocycles. The molecule has 0 atom stereocenters. The first-order valence-electron chi connectivity index (χ1n) is 5.01. The molecular weight excluding hydrogens is 220 g/mol. The lowest BCUT2D eigenvalue weighted by atomic mass is 10.1. The molecule has 0 bridgehead atoms. The van der Waals surface area contributed by atoms with Gasteiger partial charge in [0, 0.05) is 4.88 Å². The summed E-state index contributed by atoms with van der Waals surface area (Å²) in [7, 11) is 0. The zero-order valence-electron chi connectivity index (χ0n) is 8.93. The van der Waals surface area contributed by atoms with Gasteiger partial charge in [-0.15, -0.1) is 11.3 Å². The van der Waals surface area contributed by atoms with E-state index >= 15 is 0 Å². The molecule has 0 radical (unpaired) electrons. The van der Waals surface area contributed by atoms with Gasteiger partial charge in [-0.1, -0.05) is 18.2 Å². The third-order valence-corrected chi connectivity index (χ3v) is 3.58. The van der Waals surface area contributed by atoms with Crippen molar-refractivity contribution in [3.8, 4) is 10.4 Å². The van der Waals surface area contributed by atoms with Crippen LogP contribution in [-0.2, 0) is 6.61 Å².